The summed E-state index contributed by atoms with van der Waals surface area (Å²) in [7, 11) is 0. The highest BCUT2D eigenvalue weighted by molar-refractivity contribution is 5.37. The van der Waals surface area contributed by atoms with E-state index in [2.05, 4.69) is 0 Å². The third-order valence-corrected chi connectivity index (χ3v) is 3.71. The number of benzene rings is 2. The number of aromatic hydroxyl groups is 1. The van der Waals surface area contributed by atoms with Crippen LogP contribution >= 0.6 is 0 Å². The number of aliphatic hydroxyl groups excluding tert-OH is 1. The van der Waals surface area contributed by atoms with Gasteiger partial charge in [0.1, 0.15) is 0 Å². The summed E-state index contributed by atoms with van der Waals surface area (Å²) in [5, 5.41) is 20.3. The number of aliphatic hydroxyl groups is 1. The Hall–Kier alpha value is -2.85. The number of para-hydroxylation sites is 1. The van der Waals surface area contributed by atoms with Gasteiger partial charge in [-0.05, 0) is 17.7 Å². The van der Waals surface area contributed by atoms with Crippen molar-refractivity contribution in [3.8, 4) is 11.4 Å². The zero-order chi connectivity index (χ0) is 16.2. The molecule has 3 aromatic rings. The molecule has 0 bridgehead atoms. The molecule has 4 heteroatoms. The Balaban J connectivity index is 2.04. The first kappa shape index (κ1) is 15.1. The normalized spacial score (nSPS) is 12.0. The van der Waals surface area contributed by atoms with E-state index in [1.165, 1.54) is 12.3 Å². The van der Waals surface area contributed by atoms with Crippen LogP contribution in [0.2, 0.25) is 0 Å². The summed E-state index contributed by atoms with van der Waals surface area (Å²) in [4.78, 5) is 11.8. The number of pyridine rings is 1. The molecule has 1 aromatic heterocycles. The summed E-state index contributed by atoms with van der Waals surface area (Å²) in [6, 6.07) is 20.2. The Kier molecular flexibility index (Phi) is 4.26. The Bertz CT molecular complexity index is 841. The third kappa shape index (κ3) is 3.33. The molecular formula is C19H17NO3. The first-order valence-electron chi connectivity index (χ1n) is 7.38. The topological polar surface area (TPSA) is 62.5 Å². The maximum atomic E-state index is 11.8. The second-order valence-electron chi connectivity index (χ2n) is 5.36. The van der Waals surface area contributed by atoms with Crippen LogP contribution in [0.25, 0.3) is 5.69 Å². The fourth-order valence-electron chi connectivity index (χ4n) is 2.55. The van der Waals surface area contributed by atoms with Gasteiger partial charge in [0.05, 0.1) is 18.0 Å². The van der Waals surface area contributed by atoms with Crippen molar-refractivity contribution in [2.75, 3.05) is 0 Å². The predicted octanol–water partition coefficient (Wildman–Crippen LogP) is 2.82. The molecule has 0 aliphatic carbocycles. The zero-order valence-corrected chi connectivity index (χ0v) is 12.5. The third-order valence-electron chi connectivity index (χ3n) is 3.71. The Morgan fingerprint density at radius 1 is 0.957 bits per heavy atom. The van der Waals surface area contributed by atoms with Crippen LogP contribution in [-0.2, 0) is 6.42 Å². The number of hydrogen-bond donors (Lipinski definition) is 2. The van der Waals surface area contributed by atoms with E-state index in [1.807, 2.05) is 60.7 Å². The fraction of sp³-hybridized carbons (Fsp3) is 0.105. The van der Waals surface area contributed by atoms with Crippen molar-refractivity contribution in [1.29, 1.82) is 0 Å². The molecule has 1 heterocycles. The fourth-order valence-corrected chi connectivity index (χ4v) is 2.55. The highest BCUT2D eigenvalue weighted by atomic mass is 16.3. The lowest BCUT2D eigenvalue weighted by molar-refractivity contribution is 0.170. The number of hydrogen-bond acceptors (Lipinski definition) is 3. The van der Waals surface area contributed by atoms with Gasteiger partial charge in [0, 0.05) is 18.2 Å². The SMILES string of the molecule is O=c1cc([C@H](O)Cc2ccccc2)n(-c2ccccc2)cc1O. The number of aromatic nitrogens is 1. The van der Waals surface area contributed by atoms with Crippen molar-refractivity contribution in [2.24, 2.45) is 0 Å². The number of nitrogens with zero attached hydrogens (tertiary/aromatic N) is 1. The van der Waals surface area contributed by atoms with Crippen molar-refractivity contribution >= 4 is 0 Å². The molecule has 0 spiro atoms. The summed E-state index contributed by atoms with van der Waals surface area (Å²) in [6.07, 6.45) is 0.880. The molecule has 23 heavy (non-hydrogen) atoms. The Morgan fingerprint density at radius 2 is 1.57 bits per heavy atom. The Labute approximate surface area is 133 Å². The molecule has 1 atom stereocenters. The van der Waals surface area contributed by atoms with Crippen LogP contribution < -0.4 is 5.43 Å². The van der Waals surface area contributed by atoms with Crippen molar-refractivity contribution in [1.82, 2.24) is 4.57 Å². The van der Waals surface area contributed by atoms with Crippen molar-refractivity contribution in [3.05, 3.63) is 94.4 Å². The van der Waals surface area contributed by atoms with Gasteiger partial charge >= 0.3 is 0 Å². The predicted molar refractivity (Wildman–Crippen MR) is 88.8 cm³/mol. The van der Waals surface area contributed by atoms with Gasteiger partial charge in [-0.3, -0.25) is 4.79 Å². The second kappa shape index (κ2) is 6.50. The average molecular weight is 307 g/mol. The van der Waals surface area contributed by atoms with Gasteiger partial charge in [-0.1, -0.05) is 48.5 Å². The minimum Gasteiger partial charge on any atom is -0.503 e. The molecule has 3 rings (SSSR count). The number of rotatable bonds is 4. The van der Waals surface area contributed by atoms with E-state index in [-0.39, 0.29) is 5.75 Å². The van der Waals surface area contributed by atoms with Crippen molar-refractivity contribution in [2.45, 2.75) is 12.5 Å². The summed E-state index contributed by atoms with van der Waals surface area (Å²) in [6.45, 7) is 0. The van der Waals surface area contributed by atoms with Crippen LogP contribution in [0.3, 0.4) is 0 Å². The molecule has 0 amide bonds. The lowest BCUT2D eigenvalue weighted by Gasteiger charge is -2.18. The zero-order valence-electron chi connectivity index (χ0n) is 12.5. The van der Waals surface area contributed by atoms with Gasteiger partial charge in [0.25, 0.3) is 0 Å². The van der Waals surface area contributed by atoms with E-state index >= 15 is 0 Å². The van der Waals surface area contributed by atoms with E-state index in [9.17, 15) is 15.0 Å². The molecular weight excluding hydrogens is 290 g/mol. The van der Waals surface area contributed by atoms with E-state index in [4.69, 9.17) is 0 Å². The quantitative estimate of drug-likeness (QED) is 0.779. The summed E-state index contributed by atoms with van der Waals surface area (Å²) < 4.78 is 1.64. The lowest BCUT2D eigenvalue weighted by Crippen LogP contribution is -2.15. The summed E-state index contributed by atoms with van der Waals surface area (Å²) in [5.74, 6) is -0.343. The largest absolute Gasteiger partial charge is 0.503 e. The molecule has 0 saturated heterocycles. The molecule has 0 aliphatic heterocycles. The molecule has 2 N–H and O–H groups in total. The molecule has 116 valence electrons. The van der Waals surface area contributed by atoms with Crippen LogP contribution in [0.4, 0.5) is 0 Å². The van der Waals surface area contributed by atoms with Crippen LogP contribution in [0.5, 0.6) is 5.75 Å². The van der Waals surface area contributed by atoms with Gasteiger partial charge in [0.2, 0.25) is 5.43 Å². The minimum absolute atomic E-state index is 0.343. The molecule has 0 unspecified atom stereocenters. The Morgan fingerprint density at radius 3 is 2.22 bits per heavy atom. The maximum Gasteiger partial charge on any atom is 0.223 e. The van der Waals surface area contributed by atoms with Crippen molar-refractivity contribution in [3.63, 3.8) is 0 Å². The molecule has 2 aromatic carbocycles. The van der Waals surface area contributed by atoms with E-state index in [1.54, 1.807) is 4.57 Å². The lowest BCUT2D eigenvalue weighted by atomic mass is 10.0. The van der Waals surface area contributed by atoms with Gasteiger partial charge in [-0.2, -0.15) is 0 Å². The molecule has 0 saturated carbocycles. The second-order valence-corrected chi connectivity index (χ2v) is 5.36. The summed E-state index contributed by atoms with van der Waals surface area (Å²) in [5.41, 5.74) is 1.69. The molecule has 4 nitrogen and oxygen atoms in total. The highest BCUT2D eigenvalue weighted by Gasteiger charge is 2.16. The highest BCUT2D eigenvalue weighted by Crippen LogP contribution is 2.22. The van der Waals surface area contributed by atoms with E-state index in [0.717, 1.165) is 11.3 Å². The van der Waals surface area contributed by atoms with E-state index < -0.39 is 11.5 Å². The maximum absolute atomic E-state index is 11.8. The standard InChI is InChI=1S/C19H17NO3/c21-17(11-14-7-3-1-4-8-14)16-12-18(22)19(23)13-20(16)15-9-5-2-6-10-15/h1-10,12-13,17,21,23H,11H2/t17-/m1/s1. The smallest absolute Gasteiger partial charge is 0.223 e. The molecule has 0 aliphatic rings. The van der Waals surface area contributed by atoms with Gasteiger partial charge in [-0.15, -0.1) is 0 Å². The monoisotopic (exact) mass is 307 g/mol. The minimum atomic E-state index is -0.856. The van der Waals surface area contributed by atoms with Crippen LogP contribution in [0.15, 0.2) is 77.7 Å². The van der Waals surface area contributed by atoms with Crippen LogP contribution in [0.1, 0.15) is 17.4 Å². The van der Waals surface area contributed by atoms with Crippen LogP contribution in [-0.4, -0.2) is 14.8 Å². The first-order chi connectivity index (χ1) is 11.1. The van der Waals surface area contributed by atoms with Gasteiger partial charge in [0.15, 0.2) is 5.75 Å². The summed E-state index contributed by atoms with van der Waals surface area (Å²) >= 11 is 0. The van der Waals surface area contributed by atoms with E-state index in [0.29, 0.717) is 12.1 Å². The molecule has 0 radical (unpaired) electrons. The molecule has 0 fully saturated rings. The first-order valence-corrected chi connectivity index (χ1v) is 7.38. The van der Waals surface area contributed by atoms with Crippen LogP contribution in [0, 0.1) is 0 Å². The van der Waals surface area contributed by atoms with Gasteiger partial charge < -0.3 is 14.8 Å². The average Bonchev–Trinajstić information content (AvgIpc) is 2.58. The van der Waals surface area contributed by atoms with Gasteiger partial charge in [-0.25, -0.2) is 0 Å². The van der Waals surface area contributed by atoms with Crippen molar-refractivity contribution < 1.29 is 10.2 Å².